The number of ether oxygens (including phenoxy) is 3. The number of rotatable bonds is 10. The Hall–Kier alpha value is -3.96. The molecule has 0 spiro atoms. The second-order valence-corrected chi connectivity index (χ2v) is 9.26. The lowest BCUT2D eigenvalue weighted by Gasteiger charge is -2.27. The van der Waals surface area contributed by atoms with Gasteiger partial charge in [0.25, 0.3) is 0 Å². The van der Waals surface area contributed by atoms with Crippen molar-refractivity contribution in [2.75, 3.05) is 13.7 Å². The molecule has 0 bridgehead atoms. The Morgan fingerprint density at radius 1 is 0.816 bits per heavy atom. The number of allylic oxidation sites excluding steroid dienone is 2. The minimum Gasteiger partial charge on any atom is -0.494 e. The molecule has 0 radical (unpaired) electrons. The predicted octanol–water partition coefficient (Wildman–Crippen LogP) is 9.02. The first-order valence-corrected chi connectivity index (χ1v) is 12.5. The van der Waals surface area contributed by atoms with Crippen molar-refractivity contribution in [1.82, 2.24) is 0 Å². The van der Waals surface area contributed by atoms with E-state index in [2.05, 4.69) is 73.0 Å². The quantitative estimate of drug-likeness (QED) is 0.153. The lowest BCUT2D eigenvalue weighted by molar-refractivity contribution is -0.00513. The van der Waals surface area contributed by atoms with Gasteiger partial charge in [-0.3, -0.25) is 0 Å². The third kappa shape index (κ3) is 6.48. The van der Waals surface area contributed by atoms with Crippen molar-refractivity contribution < 1.29 is 23.0 Å². The highest BCUT2D eigenvalue weighted by atomic mass is 19.2. The summed E-state index contributed by atoms with van der Waals surface area (Å²) in [6.07, 6.45) is 4.27. The van der Waals surface area contributed by atoms with Crippen molar-refractivity contribution in [2.45, 2.75) is 25.6 Å². The molecule has 196 valence electrons. The van der Waals surface area contributed by atoms with Crippen molar-refractivity contribution in [3.63, 3.8) is 0 Å². The lowest BCUT2D eigenvalue weighted by Crippen LogP contribution is -2.19. The average molecular weight is 515 g/mol. The van der Waals surface area contributed by atoms with Gasteiger partial charge in [0.15, 0.2) is 11.5 Å². The van der Waals surface area contributed by atoms with Gasteiger partial charge < -0.3 is 14.2 Å². The van der Waals surface area contributed by atoms with Crippen LogP contribution in [0.1, 0.15) is 30.1 Å². The Balaban J connectivity index is 1.35. The molecule has 2 atom stereocenters. The maximum Gasteiger partial charge on any atom is 0.203 e. The van der Waals surface area contributed by atoms with E-state index in [4.69, 9.17) is 9.47 Å². The molecule has 0 saturated carbocycles. The Kier molecular flexibility index (Phi) is 8.93. The van der Waals surface area contributed by atoms with Gasteiger partial charge in [-0.25, -0.2) is 0 Å². The molecule has 38 heavy (non-hydrogen) atoms. The Morgan fingerprint density at radius 3 is 1.79 bits per heavy atom. The second kappa shape index (κ2) is 12.5. The topological polar surface area (TPSA) is 27.7 Å². The van der Waals surface area contributed by atoms with Gasteiger partial charge in [0.2, 0.25) is 11.7 Å². The van der Waals surface area contributed by atoms with E-state index in [-0.39, 0.29) is 12.7 Å². The van der Waals surface area contributed by atoms with Crippen LogP contribution in [0.25, 0.3) is 22.3 Å². The third-order valence-electron chi connectivity index (χ3n) is 6.77. The van der Waals surface area contributed by atoms with Crippen molar-refractivity contribution in [3.8, 4) is 22.3 Å². The molecule has 0 aromatic heterocycles. The standard InChI is InChI=1S/C33H32F2O3/c1-5-24-8-19-31(38-20-24)30-17-15-29(16-18-30)28-13-11-27(12-14-28)26-9-6-25(7-10-26)21-37-23(3)33(35)32(34)22(2)36-4/h5-7,9-18,24,31H,1-3,8,19-21H2,4H3/b33-32-. The van der Waals surface area contributed by atoms with Gasteiger partial charge in [0, 0.05) is 5.92 Å². The predicted molar refractivity (Wildman–Crippen MR) is 148 cm³/mol. The molecule has 1 aliphatic rings. The summed E-state index contributed by atoms with van der Waals surface area (Å²) >= 11 is 0. The number of hydrogen-bond acceptors (Lipinski definition) is 3. The van der Waals surface area contributed by atoms with Gasteiger partial charge in [0.1, 0.15) is 6.61 Å². The van der Waals surface area contributed by atoms with Gasteiger partial charge in [-0.15, -0.1) is 6.58 Å². The van der Waals surface area contributed by atoms with Crippen molar-refractivity contribution in [1.29, 1.82) is 0 Å². The first-order valence-electron chi connectivity index (χ1n) is 12.5. The number of benzene rings is 3. The number of methoxy groups -OCH3 is 1. The van der Waals surface area contributed by atoms with Gasteiger partial charge in [-0.1, -0.05) is 92.0 Å². The van der Waals surface area contributed by atoms with Crippen LogP contribution in [0.15, 0.2) is 122 Å². The van der Waals surface area contributed by atoms with E-state index >= 15 is 0 Å². The van der Waals surface area contributed by atoms with Crippen molar-refractivity contribution >= 4 is 0 Å². The molecular formula is C33H32F2O3. The molecule has 3 aromatic rings. The van der Waals surface area contributed by atoms with Crippen LogP contribution in [0, 0.1) is 5.92 Å². The summed E-state index contributed by atoms with van der Waals surface area (Å²) in [7, 11) is 1.21. The molecule has 3 aromatic carbocycles. The van der Waals surface area contributed by atoms with Gasteiger partial charge >= 0.3 is 0 Å². The van der Waals surface area contributed by atoms with E-state index in [0.717, 1.165) is 47.3 Å². The monoisotopic (exact) mass is 514 g/mol. The number of hydrogen-bond donors (Lipinski definition) is 0. The molecular weight excluding hydrogens is 482 g/mol. The first-order chi connectivity index (χ1) is 18.4. The van der Waals surface area contributed by atoms with E-state index < -0.39 is 23.2 Å². The highest BCUT2D eigenvalue weighted by Crippen LogP contribution is 2.33. The van der Waals surface area contributed by atoms with Crippen LogP contribution >= 0.6 is 0 Å². The Bertz CT molecular complexity index is 1300. The molecule has 0 amide bonds. The molecule has 3 nitrogen and oxygen atoms in total. The van der Waals surface area contributed by atoms with Crippen molar-refractivity contribution in [2.24, 2.45) is 5.92 Å². The van der Waals surface area contributed by atoms with Gasteiger partial charge in [0.05, 0.1) is 19.8 Å². The fraction of sp³-hybridized carbons (Fsp3) is 0.212. The van der Waals surface area contributed by atoms with Gasteiger partial charge in [-0.05, 0) is 46.2 Å². The molecule has 1 saturated heterocycles. The largest absolute Gasteiger partial charge is 0.494 e. The van der Waals surface area contributed by atoms with Crippen LogP contribution in [0.3, 0.4) is 0 Å². The summed E-state index contributed by atoms with van der Waals surface area (Å²) in [6.45, 7) is 11.4. The second-order valence-electron chi connectivity index (χ2n) is 9.26. The van der Waals surface area contributed by atoms with Gasteiger partial charge in [-0.2, -0.15) is 8.78 Å². The van der Waals surface area contributed by atoms with E-state index in [0.29, 0.717) is 5.92 Å². The first kappa shape index (κ1) is 27.1. The fourth-order valence-corrected chi connectivity index (χ4v) is 4.33. The highest BCUT2D eigenvalue weighted by Gasteiger charge is 2.21. The minimum absolute atomic E-state index is 0.0505. The van der Waals surface area contributed by atoms with E-state index in [1.807, 2.05) is 30.3 Å². The zero-order valence-corrected chi connectivity index (χ0v) is 21.6. The fourth-order valence-electron chi connectivity index (χ4n) is 4.33. The van der Waals surface area contributed by atoms with E-state index in [1.54, 1.807) is 0 Å². The smallest absolute Gasteiger partial charge is 0.203 e. The summed E-state index contributed by atoms with van der Waals surface area (Å²) in [4.78, 5) is 0. The summed E-state index contributed by atoms with van der Waals surface area (Å²) in [6, 6.07) is 24.7. The molecule has 1 aliphatic heterocycles. The van der Waals surface area contributed by atoms with Crippen LogP contribution in [0.2, 0.25) is 0 Å². The van der Waals surface area contributed by atoms with Crippen LogP contribution in [0.5, 0.6) is 0 Å². The Morgan fingerprint density at radius 2 is 1.32 bits per heavy atom. The molecule has 5 heteroatoms. The van der Waals surface area contributed by atoms with Crippen LogP contribution in [-0.4, -0.2) is 13.7 Å². The molecule has 1 heterocycles. The minimum atomic E-state index is -1.23. The molecule has 2 unspecified atom stereocenters. The highest BCUT2D eigenvalue weighted by molar-refractivity contribution is 5.70. The van der Waals surface area contributed by atoms with Crippen molar-refractivity contribution in [3.05, 3.63) is 133 Å². The maximum atomic E-state index is 14.0. The number of halogens is 2. The van der Waals surface area contributed by atoms with Crippen LogP contribution < -0.4 is 0 Å². The molecule has 0 N–H and O–H groups in total. The third-order valence-corrected chi connectivity index (χ3v) is 6.77. The normalized spacial score (nSPS) is 17.8. The SMILES string of the molecule is C=CC1CCC(c2ccc(-c3ccc(-c4ccc(COC(=C)/C(F)=C(/F)C(=C)OC)cc4)cc3)cc2)OC1. The van der Waals surface area contributed by atoms with Crippen LogP contribution in [-0.2, 0) is 20.8 Å². The maximum absolute atomic E-state index is 14.0. The molecule has 0 aliphatic carbocycles. The summed E-state index contributed by atoms with van der Waals surface area (Å²) in [5, 5.41) is 0. The summed E-state index contributed by atoms with van der Waals surface area (Å²) < 4.78 is 43.7. The molecule has 1 fully saturated rings. The summed E-state index contributed by atoms with van der Waals surface area (Å²) in [5.41, 5.74) is 6.41. The molecule has 4 rings (SSSR count). The Labute approximate surface area is 223 Å². The zero-order chi connectivity index (χ0) is 27.1. The van der Waals surface area contributed by atoms with E-state index in [1.165, 1.54) is 12.7 Å². The lowest BCUT2D eigenvalue weighted by atomic mass is 9.93. The summed E-state index contributed by atoms with van der Waals surface area (Å²) in [5.74, 6) is -2.84. The average Bonchev–Trinajstić information content (AvgIpc) is 2.99. The van der Waals surface area contributed by atoms with Crippen LogP contribution in [0.4, 0.5) is 8.78 Å². The van der Waals surface area contributed by atoms with E-state index in [9.17, 15) is 8.78 Å². The zero-order valence-electron chi connectivity index (χ0n) is 21.6.